The molecular weight excluding hydrogens is 242 g/mol. The lowest BCUT2D eigenvalue weighted by atomic mass is 9.91. The van der Waals surface area contributed by atoms with E-state index in [2.05, 4.69) is 19.2 Å². The van der Waals surface area contributed by atoms with Gasteiger partial charge in [-0.25, -0.2) is 0 Å². The molecule has 2 saturated carbocycles. The first-order valence-electron chi connectivity index (χ1n) is 7.36. The number of hydrogen-bond donors (Lipinski definition) is 2. The SMILES string of the molecule is CC1CC(C(=O)O)C(C(=O)NCC2(C(C)C)CC2)C1. The van der Waals surface area contributed by atoms with Gasteiger partial charge in [-0.2, -0.15) is 0 Å². The predicted molar refractivity (Wildman–Crippen MR) is 72.5 cm³/mol. The molecule has 3 unspecified atom stereocenters. The van der Waals surface area contributed by atoms with E-state index in [0.717, 1.165) is 0 Å². The third-order valence-corrected chi connectivity index (χ3v) is 5.18. The average Bonchev–Trinajstić information content (AvgIpc) is 3.02. The van der Waals surface area contributed by atoms with Crippen LogP contribution in [0, 0.1) is 29.1 Å². The number of nitrogens with one attached hydrogen (secondary N) is 1. The summed E-state index contributed by atoms with van der Waals surface area (Å²) < 4.78 is 0. The monoisotopic (exact) mass is 267 g/mol. The van der Waals surface area contributed by atoms with Gasteiger partial charge in [-0.15, -0.1) is 0 Å². The van der Waals surface area contributed by atoms with E-state index in [9.17, 15) is 14.7 Å². The van der Waals surface area contributed by atoms with Gasteiger partial charge >= 0.3 is 5.97 Å². The molecular formula is C15H25NO3. The summed E-state index contributed by atoms with van der Waals surface area (Å²) in [4.78, 5) is 23.4. The second-order valence-electron chi connectivity index (χ2n) is 6.86. The van der Waals surface area contributed by atoms with Crippen LogP contribution in [0.5, 0.6) is 0 Å². The van der Waals surface area contributed by atoms with Crippen LogP contribution < -0.4 is 5.32 Å². The Morgan fingerprint density at radius 3 is 2.32 bits per heavy atom. The zero-order chi connectivity index (χ0) is 14.2. The summed E-state index contributed by atoms with van der Waals surface area (Å²) in [6.07, 6.45) is 3.68. The van der Waals surface area contributed by atoms with Gasteiger partial charge in [-0.05, 0) is 42.9 Å². The van der Waals surface area contributed by atoms with E-state index in [4.69, 9.17) is 0 Å². The van der Waals surface area contributed by atoms with Crippen molar-refractivity contribution in [2.24, 2.45) is 29.1 Å². The molecule has 19 heavy (non-hydrogen) atoms. The zero-order valence-electron chi connectivity index (χ0n) is 12.1. The molecule has 4 nitrogen and oxygen atoms in total. The number of aliphatic carboxylic acids is 1. The third kappa shape index (κ3) is 2.93. The van der Waals surface area contributed by atoms with E-state index in [0.29, 0.717) is 31.2 Å². The van der Waals surface area contributed by atoms with Gasteiger partial charge in [0.15, 0.2) is 0 Å². The molecule has 2 N–H and O–H groups in total. The molecule has 0 aliphatic heterocycles. The number of carbonyl (C=O) groups excluding carboxylic acids is 1. The predicted octanol–water partition coefficient (Wildman–Crippen LogP) is 2.29. The second-order valence-corrected chi connectivity index (χ2v) is 6.86. The molecule has 0 radical (unpaired) electrons. The second kappa shape index (κ2) is 5.14. The maximum Gasteiger partial charge on any atom is 0.307 e. The van der Waals surface area contributed by atoms with Crippen LogP contribution in [-0.2, 0) is 9.59 Å². The van der Waals surface area contributed by atoms with Crippen LogP contribution in [0.15, 0.2) is 0 Å². The first-order chi connectivity index (χ1) is 8.85. The van der Waals surface area contributed by atoms with Crippen molar-refractivity contribution in [3.63, 3.8) is 0 Å². The highest BCUT2D eigenvalue weighted by Gasteiger charge is 2.47. The summed E-state index contributed by atoms with van der Waals surface area (Å²) in [5.74, 6) is -0.805. The number of carboxylic acids is 1. The molecule has 0 aromatic carbocycles. The fraction of sp³-hybridized carbons (Fsp3) is 0.867. The third-order valence-electron chi connectivity index (χ3n) is 5.18. The van der Waals surface area contributed by atoms with Gasteiger partial charge in [0.2, 0.25) is 5.91 Å². The molecule has 4 heteroatoms. The fourth-order valence-electron chi connectivity index (χ4n) is 3.37. The van der Waals surface area contributed by atoms with Gasteiger partial charge in [-0.3, -0.25) is 9.59 Å². The molecule has 0 spiro atoms. The highest BCUT2D eigenvalue weighted by molar-refractivity contribution is 5.85. The van der Waals surface area contributed by atoms with Crippen molar-refractivity contribution >= 4 is 11.9 Å². The summed E-state index contributed by atoms with van der Waals surface area (Å²) in [6.45, 7) is 7.12. The van der Waals surface area contributed by atoms with Crippen molar-refractivity contribution in [1.29, 1.82) is 0 Å². The Bertz CT molecular complexity index is 374. The number of rotatable bonds is 5. The molecule has 108 valence electrons. The van der Waals surface area contributed by atoms with Crippen LogP contribution in [0.3, 0.4) is 0 Å². The van der Waals surface area contributed by atoms with Gasteiger partial charge < -0.3 is 10.4 Å². The van der Waals surface area contributed by atoms with E-state index in [1.807, 2.05) is 6.92 Å². The molecule has 3 atom stereocenters. The van der Waals surface area contributed by atoms with Crippen LogP contribution in [0.25, 0.3) is 0 Å². The lowest BCUT2D eigenvalue weighted by Gasteiger charge is -2.22. The van der Waals surface area contributed by atoms with Crippen molar-refractivity contribution in [3.05, 3.63) is 0 Å². The Morgan fingerprint density at radius 1 is 1.26 bits per heavy atom. The summed E-state index contributed by atoms with van der Waals surface area (Å²) >= 11 is 0. The van der Waals surface area contributed by atoms with E-state index in [-0.39, 0.29) is 17.2 Å². The smallest absolute Gasteiger partial charge is 0.307 e. The lowest BCUT2D eigenvalue weighted by molar-refractivity contribution is -0.146. The van der Waals surface area contributed by atoms with Crippen LogP contribution >= 0.6 is 0 Å². The molecule has 0 aromatic rings. The van der Waals surface area contributed by atoms with E-state index < -0.39 is 11.9 Å². The number of hydrogen-bond acceptors (Lipinski definition) is 2. The lowest BCUT2D eigenvalue weighted by Crippen LogP contribution is -2.39. The van der Waals surface area contributed by atoms with Crippen LogP contribution in [0.1, 0.15) is 46.5 Å². The topological polar surface area (TPSA) is 66.4 Å². The molecule has 1 amide bonds. The number of carboxylic acid groups (broad SMARTS) is 1. The molecule has 2 aliphatic rings. The van der Waals surface area contributed by atoms with E-state index >= 15 is 0 Å². The standard InChI is InChI=1S/C15H25NO3/c1-9(2)15(4-5-15)8-16-13(17)11-6-10(3)7-12(11)14(18)19/h9-12H,4-8H2,1-3H3,(H,16,17)(H,18,19). The highest BCUT2D eigenvalue weighted by Crippen LogP contribution is 2.51. The number of carbonyl (C=O) groups is 2. The Hall–Kier alpha value is -1.06. The molecule has 2 fully saturated rings. The molecule has 2 rings (SSSR count). The fourth-order valence-corrected chi connectivity index (χ4v) is 3.37. The summed E-state index contributed by atoms with van der Waals surface area (Å²) in [7, 11) is 0. The quantitative estimate of drug-likeness (QED) is 0.803. The number of amides is 1. The Balaban J connectivity index is 1.91. The minimum Gasteiger partial charge on any atom is -0.481 e. The van der Waals surface area contributed by atoms with Crippen LogP contribution in [0.2, 0.25) is 0 Å². The maximum absolute atomic E-state index is 12.2. The van der Waals surface area contributed by atoms with Gasteiger partial charge in [-0.1, -0.05) is 20.8 Å². The van der Waals surface area contributed by atoms with Gasteiger partial charge in [0.25, 0.3) is 0 Å². The first kappa shape index (κ1) is 14.4. The first-order valence-corrected chi connectivity index (χ1v) is 7.36. The van der Waals surface area contributed by atoms with Crippen molar-refractivity contribution in [3.8, 4) is 0 Å². The van der Waals surface area contributed by atoms with Crippen molar-refractivity contribution < 1.29 is 14.7 Å². The Labute approximate surface area is 115 Å². The summed E-state index contributed by atoms with van der Waals surface area (Å²) in [6, 6.07) is 0. The highest BCUT2D eigenvalue weighted by atomic mass is 16.4. The van der Waals surface area contributed by atoms with Crippen molar-refractivity contribution in [2.75, 3.05) is 6.54 Å². The molecule has 0 saturated heterocycles. The molecule has 0 aromatic heterocycles. The largest absolute Gasteiger partial charge is 0.481 e. The zero-order valence-corrected chi connectivity index (χ0v) is 12.1. The maximum atomic E-state index is 12.2. The summed E-state index contributed by atoms with van der Waals surface area (Å²) in [5, 5.41) is 12.2. The van der Waals surface area contributed by atoms with Crippen molar-refractivity contribution in [2.45, 2.75) is 46.5 Å². The Kier molecular flexibility index (Phi) is 3.88. The van der Waals surface area contributed by atoms with E-state index in [1.54, 1.807) is 0 Å². The minimum atomic E-state index is -0.825. The average molecular weight is 267 g/mol. The summed E-state index contributed by atoms with van der Waals surface area (Å²) in [5.41, 5.74) is 0.276. The minimum absolute atomic E-state index is 0.0522. The van der Waals surface area contributed by atoms with E-state index in [1.165, 1.54) is 12.8 Å². The van der Waals surface area contributed by atoms with Crippen molar-refractivity contribution in [1.82, 2.24) is 5.32 Å². The molecule has 2 aliphatic carbocycles. The Morgan fingerprint density at radius 2 is 1.84 bits per heavy atom. The normalized spacial score (nSPS) is 32.3. The van der Waals surface area contributed by atoms with Gasteiger partial charge in [0.1, 0.15) is 0 Å². The molecule has 0 bridgehead atoms. The van der Waals surface area contributed by atoms with Crippen LogP contribution in [0.4, 0.5) is 0 Å². The van der Waals surface area contributed by atoms with Gasteiger partial charge in [0, 0.05) is 6.54 Å². The molecule has 0 heterocycles. The van der Waals surface area contributed by atoms with Gasteiger partial charge in [0.05, 0.1) is 11.8 Å². The van der Waals surface area contributed by atoms with Crippen LogP contribution in [-0.4, -0.2) is 23.5 Å².